The summed E-state index contributed by atoms with van der Waals surface area (Å²) in [5.74, 6) is -20.5. The Labute approximate surface area is 618 Å². The number of carbonyl (C=O) groups is 16. The van der Waals surface area contributed by atoms with Gasteiger partial charge in [0.05, 0.1) is 45.6 Å². The molecule has 0 radical (unpaired) electrons. The molecule has 1 aromatic heterocycles. The molecular weight excluding hydrogens is 1430 g/mol. The minimum atomic E-state index is -2.11. The Kier molecular flexibility index (Phi) is 38.5. The second-order valence-electron chi connectivity index (χ2n) is 25.9. The minimum absolute atomic E-state index is 0.0811. The molecular formula is C66H99N19O23. The van der Waals surface area contributed by atoms with Crippen molar-refractivity contribution in [2.75, 3.05) is 33.0 Å². The van der Waals surface area contributed by atoms with Gasteiger partial charge in [-0.1, -0.05) is 52.0 Å². The molecule has 3 rings (SSSR count). The smallest absolute Gasteiger partial charge is 0.326 e. The van der Waals surface area contributed by atoms with E-state index >= 15 is 0 Å². The summed E-state index contributed by atoms with van der Waals surface area (Å²) < 4.78 is 0. The van der Waals surface area contributed by atoms with Crippen molar-refractivity contribution in [2.45, 2.75) is 177 Å². The molecule has 0 saturated carbocycles. The van der Waals surface area contributed by atoms with E-state index < -0.39 is 238 Å². The Morgan fingerprint density at radius 2 is 0.778 bits per heavy atom. The average Bonchev–Trinajstić information content (AvgIpc) is 1.14. The number of phenolic OH excluding ortho intramolecular Hbond substituents is 2. The van der Waals surface area contributed by atoms with Crippen LogP contribution in [-0.2, 0) is 96.0 Å². The van der Waals surface area contributed by atoms with Crippen LogP contribution < -0.4 is 92.5 Å². The fourth-order valence-corrected chi connectivity index (χ4v) is 10.3. The summed E-state index contributed by atoms with van der Waals surface area (Å²) in [6, 6.07) is -12.1. The molecule has 108 heavy (non-hydrogen) atoms. The number of aliphatic hydroxyl groups is 4. The van der Waals surface area contributed by atoms with Crippen LogP contribution in [0.25, 0.3) is 0 Å². The maximum atomic E-state index is 14.4. The number of benzene rings is 2. The first kappa shape index (κ1) is 90.7. The normalized spacial score (nSPS) is 14.7. The number of nitrogens with two attached hydrogens (primary N) is 5. The summed E-state index contributed by atoms with van der Waals surface area (Å²) in [6.07, 6.45) is -1.56. The lowest BCUT2D eigenvalue weighted by Gasteiger charge is -2.29. The summed E-state index contributed by atoms with van der Waals surface area (Å²) in [4.78, 5) is 222. The fraction of sp³-hybridized carbons (Fsp3) is 0.530. The van der Waals surface area contributed by atoms with Crippen molar-refractivity contribution in [3.63, 3.8) is 0 Å². The molecule has 42 heteroatoms. The Balaban J connectivity index is 1.87. The SMILES string of the molecule is CC(C)C[C@H](NC(=O)[C@@H](NC(=O)[C@H](CO)NC(=O)[C@H](Cc1cnc[nH]1)NC(=O)[C@@H](N)CO)C(C)C)C(=O)N[C@@H](Cc1ccc(O)cc1)C(=O)N[C@@H](CO)C(=O)N[C@@H](CO)C(=O)N[C@@H](CC(N)=O)C(=O)N[C@@H](CCC(N)=O)C(=O)N[C@@H](CCCCN)C(=O)N[C@@H](CC(N)=O)C(=O)N[C@@H](Cc1ccc(O)cc1)C(=O)O. The molecule has 15 amide bonds. The Morgan fingerprint density at radius 3 is 1.18 bits per heavy atom. The highest BCUT2D eigenvalue weighted by atomic mass is 16.4. The monoisotopic (exact) mass is 1530 g/mol. The minimum Gasteiger partial charge on any atom is -0.508 e. The number of aliphatic hydroxyl groups excluding tert-OH is 4. The largest absolute Gasteiger partial charge is 0.508 e. The van der Waals surface area contributed by atoms with E-state index in [1.807, 2.05) is 0 Å². The van der Waals surface area contributed by atoms with E-state index in [9.17, 15) is 112 Å². The number of imidazole rings is 1. The number of nitrogens with one attached hydrogen (secondary N) is 13. The quantitative estimate of drug-likeness (QED) is 0.0233. The third-order valence-electron chi connectivity index (χ3n) is 16.1. The fourth-order valence-electron chi connectivity index (χ4n) is 10.3. The molecule has 0 unspecified atom stereocenters. The Morgan fingerprint density at radius 1 is 0.417 bits per heavy atom. The number of primary amides is 3. The molecule has 42 nitrogen and oxygen atoms in total. The van der Waals surface area contributed by atoms with Crippen LogP contribution in [0.1, 0.15) is 95.9 Å². The van der Waals surface area contributed by atoms with E-state index in [0.29, 0.717) is 11.3 Å². The van der Waals surface area contributed by atoms with E-state index in [1.54, 1.807) is 13.8 Å². The maximum Gasteiger partial charge on any atom is 0.326 e. The zero-order chi connectivity index (χ0) is 81.1. The van der Waals surface area contributed by atoms with Gasteiger partial charge in [0, 0.05) is 37.6 Å². The zero-order valence-corrected chi connectivity index (χ0v) is 59.7. The molecule has 0 aliphatic carbocycles. The molecule has 0 aliphatic heterocycles. The van der Waals surface area contributed by atoms with Gasteiger partial charge in [0.1, 0.15) is 90.0 Å². The van der Waals surface area contributed by atoms with Gasteiger partial charge < -0.3 is 133 Å². The average molecular weight is 1530 g/mol. The lowest BCUT2D eigenvalue weighted by atomic mass is 9.98. The van der Waals surface area contributed by atoms with Gasteiger partial charge in [0.2, 0.25) is 88.6 Å². The first-order chi connectivity index (χ1) is 50.9. The van der Waals surface area contributed by atoms with Crippen molar-refractivity contribution in [1.29, 1.82) is 0 Å². The second-order valence-corrected chi connectivity index (χ2v) is 25.9. The van der Waals surface area contributed by atoms with Gasteiger partial charge in [-0.05, 0) is 85.9 Å². The number of amides is 15. The number of carboxylic acids is 1. The zero-order valence-electron chi connectivity index (χ0n) is 59.7. The summed E-state index contributed by atoms with van der Waals surface area (Å²) in [5.41, 5.74) is 28.5. The van der Waals surface area contributed by atoms with Gasteiger partial charge in [-0.3, -0.25) is 71.9 Å². The summed E-state index contributed by atoms with van der Waals surface area (Å²) in [6.45, 7) is 2.10. The number of hydrogen-bond acceptors (Lipinski definition) is 25. The molecule has 0 spiro atoms. The predicted molar refractivity (Wildman–Crippen MR) is 376 cm³/mol. The highest BCUT2D eigenvalue weighted by Gasteiger charge is 2.39. The summed E-state index contributed by atoms with van der Waals surface area (Å²) >= 11 is 0. The lowest BCUT2D eigenvalue weighted by molar-refractivity contribution is -0.142. The van der Waals surface area contributed by atoms with Crippen molar-refractivity contribution in [3.8, 4) is 11.5 Å². The first-order valence-corrected chi connectivity index (χ1v) is 34.1. The maximum absolute atomic E-state index is 14.4. The molecule has 13 atom stereocenters. The molecule has 3 aromatic rings. The van der Waals surface area contributed by atoms with Crippen LogP contribution in [0.15, 0.2) is 61.1 Å². The van der Waals surface area contributed by atoms with Gasteiger partial charge in [-0.2, -0.15) is 0 Å². The molecule has 596 valence electrons. The highest BCUT2D eigenvalue weighted by Crippen LogP contribution is 2.16. The summed E-state index contributed by atoms with van der Waals surface area (Å²) in [7, 11) is 0. The van der Waals surface area contributed by atoms with Crippen LogP contribution >= 0.6 is 0 Å². The van der Waals surface area contributed by atoms with Crippen molar-refractivity contribution in [2.24, 2.45) is 40.5 Å². The van der Waals surface area contributed by atoms with Crippen LogP contribution in [0, 0.1) is 11.8 Å². The molecule has 30 N–H and O–H groups in total. The second kappa shape index (κ2) is 45.8. The lowest BCUT2D eigenvalue weighted by Crippen LogP contribution is -2.62. The van der Waals surface area contributed by atoms with Crippen LogP contribution in [0.5, 0.6) is 11.5 Å². The van der Waals surface area contributed by atoms with Gasteiger partial charge in [0.25, 0.3) is 0 Å². The standard InChI is InChI=1S/C66H99N19O23/c1-31(2)19-41(80-65(106)53(32(3)4)85-64(105)49(29-89)83-59(100)43(22-35-25-72-30-73-35)76-54(95)38(68)26-86)57(98)77-42(20-33-8-12-36(90)13-9-33)58(99)82-48(28-88)63(104)84-47(27-87)62(103)79-44(23-51(70)93)60(101)75-40(16-17-50(69)92)56(97)74-39(7-5-6-18-67)55(96)78-45(24-52(71)94)61(102)81-46(66(107)108)21-34-10-14-37(91)15-11-34/h8-15,25,30-32,38-49,53,86-91H,5-7,16-24,26-29,67-68H2,1-4H3,(H2,69,92)(H2,70,93)(H2,71,94)(H,72,73)(H,74,97)(H,75,101)(H,76,95)(H,77,98)(H,78,96)(H,79,103)(H,80,106)(H,81,102)(H,82,99)(H,83,100)(H,84,104)(H,85,105)(H,107,108)/t38-,39-,40-,41-,42-,43-,44-,45-,46-,47-,48-,49-,53-/m0/s1. The van der Waals surface area contributed by atoms with Gasteiger partial charge in [-0.25, -0.2) is 9.78 Å². The first-order valence-electron chi connectivity index (χ1n) is 34.1. The van der Waals surface area contributed by atoms with E-state index in [1.165, 1.54) is 74.9 Å². The Hall–Kier alpha value is -11.5. The van der Waals surface area contributed by atoms with Crippen LogP contribution in [-0.4, -0.2) is 252 Å². The van der Waals surface area contributed by atoms with Crippen LogP contribution in [0.4, 0.5) is 0 Å². The molecule has 0 bridgehead atoms. The van der Waals surface area contributed by atoms with E-state index in [0.717, 1.165) is 0 Å². The number of carbonyl (C=O) groups excluding carboxylic acids is 15. The molecule has 2 aromatic carbocycles. The number of aromatic hydroxyl groups is 2. The van der Waals surface area contributed by atoms with Crippen molar-refractivity contribution < 1.29 is 112 Å². The molecule has 0 aliphatic rings. The van der Waals surface area contributed by atoms with Crippen molar-refractivity contribution in [3.05, 3.63) is 77.9 Å². The number of phenols is 2. The molecule has 0 fully saturated rings. The number of rotatable bonds is 49. The van der Waals surface area contributed by atoms with Crippen molar-refractivity contribution in [1.82, 2.24) is 73.8 Å². The number of unbranched alkanes of at least 4 members (excludes halogenated alkanes) is 1. The third kappa shape index (κ3) is 31.7. The number of aliphatic carboxylic acids is 1. The third-order valence-corrected chi connectivity index (χ3v) is 16.1. The highest BCUT2D eigenvalue weighted by molar-refractivity contribution is 6.01. The van der Waals surface area contributed by atoms with Gasteiger partial charge in [0.15, 0.2) is 0 Å². The number of aromatic amines is 1. The summed E-state index contributed by atoms with van der Waals surface area (Å²) in [5, 5.41) is 97.9. The van der Waals surface area contributed by atoms with Gasteiger partial charge in [-0.15, -0.1) is 0 Å². The van der Waals surface area contributed by atoms with E-state index in [2.05, 4.69) is 73.8 Å². The number of aromatic nitrogens is 2. The van der Waals surface area contributed by atoms with Crippen LogP contribution in [0.3, 0.4) is 0 Å². The topological polar surface area (TPSA) is 718 Å². The van der Waals surface area contributed by atoms with Gasteiger partial charge >= 0.3 is 5.97 Å². The number of hydrogen-bond donors (Lipinski definition) is 25. The van der Waals surface area contributed by atoms with Crippen molar-refractivity contribution >= 4 is 94.6 Å². The Bertz CT molecular complexity index is 3570. The molecule has 0 saturated heterocycles. The number of nitrogens with zero attached hydrogens (tertiary/aromatic N) is 1. The van der Waals surface area contributed by atoms with E-state index in [-0.39, 0.29) is 68.1 Å². The molecule has 1 heterocycles. The predicted octanol–water partition coefficient (Wildman–Crippen LogP) is -10.1. The number of carboxylic acid groups (broad SMARTS) is 1. The van der Waals surface area contributed by atoms with Crippen LogP contribution in [0.2, 0.25) is 0 Å². The van der Waals surface area contributed by atoms with E-state index in [4.69, 9.17) is 28.7 Å². The number of H-pyrrole nitrogens is 1.